The number of methoxy groups -OCH3 is 1. The molecular formula is C31H35Cl2N3O5S. The lowest BCUT2D eigenvalue weighted by atomic mass is 10.1. The smallest absolute Gasteiger partial charge is 0.264 e. The molecule has 0 radical (unpaired) electrons. The maximum Gasteiger partial charge on any atom is 0.264 e. The predicted octanol–water partition coefficient (Wildman–Crippen LogP) is 6.06. The summed E-state index contributed by atoms with van der Waals surface area (Å²) >= 11 is 12.8. The first-order chi connectivity index (χ1) is 20.1. The summed E-state index contributed by atoms with van der Waals surface area (Å²) in [6.45, 7) is 1.29. The number of sulfonamides is 1. The summed E-state index contributed by atoms with van der Waals surface area (Å²) in [5.41, 5.74) is 0.791. The first kappa shape index (κ1) is 31.7. The van der Waals surface area contributed by atoms with Crippen LogP contribution < -0.4 is 14.4 Å². The first-order valence-electron chi connectivity index (χ1n) is 13.9. The van der Waals surface area contributed by atoms with Crippen molar-refractivity contribution in [2.75, 3.05) is 18.0 Å². The van der Waals surface area contributed by atoms with Gasteiger partial charge in [0.25, 0.3) is 10.0 Å². The number of hydrogen-bond donors (Lipinski definition) is 1. The Morgan fingerprint density at radius 1 is 1.00 bits per heavy atom. The molecule has 0 heterocycles. The van der Waals surface area contributed by atoms with Crippen LogP contribution in [0.25, 0.3) is 0 Å². The van der Waals surface area contributed by atoms with E-state index in [9.17, 15) is 18.0 Å². The molecule has 8 nitrogen and oxygen atoms in total. The largest absolute Gasteiger partial charge is 0.497 e. The molecule has 2 amide bonds. The molecule has 0 aliphatic heterocycles. The molecule has 1 unspecified atom stereocenters. The minimum absolute atomic E-state index is 0.00293. The Kier molecular flexibility index (Phi) is 10.8. The highest BCUT2D eigenvalue weighted by Gasteiger charge is 2.35. The molecule has 0 bridgehead atoms. The van der Waals surface area contributed by atoms with Crippen molar-refractivity contribution in [2.45, 2.75) is 62.6 Å². The Morgan fingerprint density at radius 2 is 1.69 bits per heavy atom. The summed E-state index contributed by atoms with van der Waals surface area (Å²) in [5.74, 6) is -0.233. The van der Waals surface area contributed by atoms with E-state index in [2.05, 4.69) is 5.32 Å². The Bertz CT molecular complexity index is 1500. The fourth-order valence-corrected chi connectivity index (χ4v) is 7.07. The van der Waals surface area contributed by atoms with Crippen LogP contribution in [0.4, 0.5) is 5.69 Å². The Labute approximate surface area is 257 Å². The van der Waals surface area contributed by atoms with E-state index >= 15 is 0 Å². The molecule has 1 aliphatic rings. The van der Waals surface area contributed by atoms with Crippen LogP contribution in [0.1, 0.15) is 44.6 Å². The second kappa shape index (κ2) is 14.3. The molecule has 3 aromatic carbocycles. The number of carbonyl (C=O) groups excluding carboxylic acids is 2. The van der Waals surface area contributed by atoms with E-state index in [1.54, 1.807) is 49.6 Å². The summed E-state index contributed by atoms with van der Waals surface area (Å²) in [5, 5.41) is 3.24. The van der Waals surface area contributed by atoms with Gasteiger partial charge in [-0.3, -0.25) is 13.9 Å². The molecule has 0 saturated heterocycles. The van der Waals surface area contributed by atoms with Crippen molar-refractivity contribution in [3.05, 3.63) is 88.4 Å². The molecule has 1 saturated carbocycles. The molecule has 4 rings (SSSR count). The number of nitrogens with zero attached hydrogens (tertiary/aromatic N) is 2. The molecule has 3 aromatic rings. The van der Waals surface area contributed by atoms with E-state index < -0.39 is 28.5 Å². The van der Waals surface area contributed by atoms with Crippen molar-refractivity contribution >= 4 is 50.7 Å². The average Bonchev–Trinajstić information content (AvgIpc) is 3.51. The topological polar surface area (TPSA) is 96.0 Å². The molecule has 42 heavy (non-hydrogen) atoms. The number of benzene rings is 3. The van der Waals surface area contributed by atoms with Gasteiger partial charge >= 0.3 is 0 Å². The van der Waals surface area contributed by atoms with Crippen molar-refractivity contribution in [3.63, 3.8) is 0 Å². The average molecular weight is 633 g/mol. The minimum Gasteiger partial charge on any atom is -0.497 e. The number of hydrogen-bond acceptors (Lipinski definition) is 5. The van der Waals surface area contributed by atoms with Gasteiger partial charge in [0, 0.05) is 12.6 Å². The van der Waals surface area contributed by atoms with Gasteiger partial charge in [-0.1, -0.05) is 79.4 Å². The lowest BCUT2D eigenvalue weighted by Gasteiger charge is -2.34. The van der Waals surface area contributed by atoms with Crippen LogP contribution in [0.5, 0.6) is 5.75 Å². The number of anilines is 1. The maximum absolute atomic E-state index is 14.2. The summed E-state index contributed by atoms with van der Waals surface area (Å²) < 4.78 is 34.2. The van der Waals surface area contributed by atoms with Gasteiger partial charge in [-0.05, 0) is 61.2 Å². The third-order valence-electron chi connectivity index (χ3n) is 7.38. The first-order valence-corrected chi connectivity index (χ1v) is 16.1. The van der Waals surface area contributed by atoms with E-state index in [0.717, 1.165) is 35.6 Å². The van der Waals surface area contributed by atoms with Crippen molar-refractivity contribution < 1.29 is 22.7 Å². The second-order valence-electron chi connectivity index (χ2n) is 10.2. The third-order valence-corrected chi connectivity index (χ3v) is 9.97. The number of ether oxygens (including phenoxy) is 1. The highest BCUT2D eigenvalue weighted by atomic mass is 35.5. The summed E-state index contributed by atoms with van der Waals surface area (Å²) in [6.07, 6.45) is 4.20. The van der Waals surface area contributed by atoms with Crippen LogP contribution >= 0.6 is 23.2 Å². The molecule has 0 spiro atoms. The number of amides is 2. The normalized spacial score (nSPS) is 14.3. The molecule has 1 atom stereocenters. The van der Waals surface area contributed by atoms with E-state index in [1.165, 1.54) is 29.2 Å². The third kappa shape index (κ3) is 7.38. The van der Waals surface area contributed by atoms with Crippen LogP contribution in [0.3, 0.4) is 0 Å². The van der Waals surface area contributed by atoms with Crippen LogP contribution in [-0.4, -0.2) is 50.9 Å². The zero-order chi connectivity index (χ0) is 30.3. The standard InChI is InChI=1S/C31H35Cl2N3O5S/c1-3-27(31(38)34-23-12-7-8-13-23)35(20-22-11-9-14-24(19-22)41-2)29(37)21-36(28-18-10-17-26(32)30(28)33)42(39,40)25-15-5-4-6-16-25/h4-6,9-11,14-19,23,27H,3,7-8,12-13,20-21H2,1-2H3,(H,34,38). The lowest BCUT2D eigenvalue weighted by molar-refractivity contribution is -0.140. The zero-order valence-corrected chi connectivity index (χ0v) is 26.0. The van der Waals surface area contributed by atoms with Gasteiger partial charge in [0.2, 0.25) is 11.8 Å². The molecular weight excluding hydrogens is 597 g/mol. The van der Waals surface area contributed by atoms with E-state index in [-0.39, 0.29) is 39.1 Å². The van der Waals surface area contributed by atoms with Gasteiger partial charge < -0.3 is 15.0 Å². The van der Waals surface area contributed by atoms with E-state index in [1.807, 2.05) is 13.0 Å². The predicted molar refractivity (Wildman–Crippen MR) is 165 cm³/mol. The molecule has 1 N–H and O–H groups in total. The number of halogens is 2. The Hall–Kier alpha value is -3.27. The van der Waals surface area contributed by atoms with Crippen LogP contribution in [0.2, 0.25) is 10.0 Å². The zero-order valence-electron chi connectivity index (χ0n) is 23.6. The summed E-state index contributed by atoms with van der Waals surface area (Å²) in [7, 11) is -2.71. The van der Waals surface area contributed by atoms with Crippen LogP contribution in [0.15, 0.2) is 77.7 Å². The molecule has 224 valence electrons. The number of nitrogens with one attached hydrogen (secondary N) is 1. The van der Waals surface area contributed by atoms with Crippen molar-refractivity contribution in [1.29, 1.82) is 0 Å². The monoisotopic (exact) mass is 631 g/mol. The molecule has 1 fully saturated rings. The fourth-order valence-electron chi connectivity index (χ4n) is 5.17. The summed E-state index contributed by atoms with van der Waals surface area (Å²) in [6, 6.07) is 18.8. The molecule has 1 aliphatic carbocycles. The number of carbonyl (C=O) groups is 2. The van der Waals surface area contributed by atoms with Gasteiger partial charge in [-0.2, -0.15) is 0 Å². The summed E-state index contributed by atoms with van der Waals surface area (Å²) in [4.78, 5) is 29.2. The second-order valence-corrected chi connectivity index (χ2v) is 12.8. The SMILES string of the molecule is CCC(C(=O)NC1CCCC1)N(Cc1cccc(OC)c1)C(=O)CN(c1cccc(Cl)c1Cl)S(=O)(=O)c1ccccc1. The van der Waals surface area contributed by atoms with Crippen molar-refractivity contribution in [2.24, 2.45) is 0 Å². The number of rotatable bonds is 12. The minimum atomic E-state index is -4.25. The van der Waals surface area contributed by atoms with Gasteiger partial charge in [0.15, 0.2) is 0 Å². The fraction of sp³-hybridized carbons (Fsp3) is 0.355. The Morgan fingerprint density at radius 3 is 2.36 bits per heavy atom. The van der Waals surface area contributed by atoms with Crippen LogP contribution in [-0.2, 0) is 26.2 Å². The highest BCUT2D eigenvalue weighted by Crippen LogP contribution is 2.35. The van der Waals surface area contributed by atoms with E-state index in [4.69, 9.17) is 27.9 Å². The highest BCUT2D eigenvalue weighted by molar-refractivity contribution is 7.92. The van der Waals surface area contributed by atoms with Crippen molar-refractivity contribution in [3.8, 4) is 5.75 Å². The van der Waals surface area contributed by atoms with Gasteiger partial charge in [-0.15, -0.1) is 0 Å². The maximum atomic E-state index is 14.2. The molecule has 11 heteroatoms. The van der Waals surface area contributed by atoms with E-state index in [0.29, 0.717) is 12.2 Å². The molecule has 0 aromatic heterocycles. The van der Waals surface area contributed by atoms with Crippen LogP contribution in [0, 0.1) is 0 Å². The Balaban J connectivity index is 1.74. The van der Waals surface area contributed by atoms with Gasteiger partial charge in [-0.25, -0.2) is 8.42 Å². The van der Waals surface area contributed by atoms with Crippen molar-refractivity contribution in [1.82, 2.24) is 10.2 Å². The van der Waals surface area contributed by atoms with Gasteiger partial charge in [0.05, 0.1) is 27.7 Å². The van der Waals surface area contributed by atoms with Gasteiger partial charge in [0.1, 0.15) is 18.3 Å². The lowest BCUT2D eigenvalue weighted by Crippen LogP contribution is -2.53. The quantitative estimate of drug-likeness (QED) is 0.262.